The van der Waals surface area contributed by atoms with Crippen LogP contribution in [-0.4, -0.2) is 47.6 Å². The lowest BCUT2D eigenvalue weighted by atomic mass is 10.1. The van der Waals surface area contributed by atoms with Crippen LogP contribution in [0.1, 0.15) is 28.2 Å². The molecular weight excluding hydrogens is 304 g/mol. The smallest absolute Gasteiger partial charge is 0.258 e. The summed E-state index contributed by atoms with van der Waals surface area (Å²) >= 11 is 0. The summed E-state index contributed by atoms with van der Waals surface area (Å²) in [4.78, 5) is 19.0. The van der Waals surface area contributed by atoms with Crippen LogP contribution in [0.2, 0.25) is 0 Å². The Morgan fingerprint density at radius 2 is 2.27 bits per heavy atom. The maximum absolute atomic E-state index is 12.8. The second-order valence-electron chi connectivity index (χ2n) is 5.72. The Balaban J connectivity index is 0.00000176. The fraction of sp³-hybridized carbons (Fsp3) is 0.533. The summed E-state index contributed by atoms with van der Waals surface area (Å²) < 4.78 is 5.20. The molecule has 0 radical (unpaired) electrons. The molecule has 7 heteroatoms. The number of amides is 1. The lowest BCUT2D eigenvalue weighted by Gasteiger charge is -2.17. The Hall–Kier alpha value is -1.66. The van der Waals surface area contributed by atoms with E-state index in [2.05, 4.69) is 15.5 Å². The van der Waals surface area contributed by atoms with E-state index in [9.17, 15) is 4.79 Å². The average Bonchev–Trinajstić information content (AvgIpc) is 3.05. The van der Waals surface area contributed by atoms with Gasteiger partial charge in [0.05, 0.1) is 16.6 Å². The lowest BCUT2D eigenvalue weighted by molar-refractivity contribution is 0.0789. The number of carbonyl (C=O) groups is 1. The number of halogens is 1. The van der Waals surface area contributed by atoms with Gasteiger partial charge in [0.25, 0.3) is 11.6 Å². The number of fused-ring (bicyclic) bond motifs is 1. The van der Waals surface area contributed by atoms with Crippen LogP contribution in [0.25, 0.3) is 11.1 Å². The molecule has 1 amide bonds. The van der Waals surface area contributed by atoms with Gasteiger partial charge in [0.1, 0.15) is 0 Å². The van der Waals surface area contributed by atoms with Crippen molar-refractivity contribution in [3.8, 4) is 0 Å². The number of carbonyl (C=O) groups excluding carboxylic acids is 1. The number of nitrogens with zero attached hydrogens (tertiary/aromatic N) is 3. The first-order valence-corrected chi connectivity index (χ1v) is 7.27. The summed E-state index contributed by atoms with van der Waals surface area (Å²) in [6, 6.07) is 1.83. The van der Waals surface area contributed by atoms with Gasteiger partial charge in [-0.25, -0.2) is 4.98 Å². The van der Waals surface area contributed by atoms with Crippen molar-refractivity contribution in [2.24, 2.45) is 5.92 Å². The fourth-order valence-electron chi connectivity index (χ4n) is 3.03. The lowest BCUT2D eigenvalue weighted by Crippen LogP contribution is -2.30. The van der Waals surface area contributed by atoms with Crippen LogP contribution < -0.4 is 5.32 Å². The Labute approximate surface area is 135 Å². The van der Waals surface area contributed by atoms with Gasteiger partial charge in [0.15, 0.2) is 0 Å². The number of aryl methyl sites for hydroxylation is 2. The molecule has 1 aliphatic heterocycles. The number of rotatable bonds is 3. The minimum absolute atomic E-state index is 0. The predicted octanol–water partition coefficient (Wildman–Crippen LogP) is 1.94. The first-order valence-electron chi connectivity index (χ1n) is 7.27. The Morgan fingerprint density at radius 1 is 1.50 bits per heavy atom. The highest BCUT2D eigenvalue weighted by Gasteiger charge is 2.28. The van der Waals surface area contributed by atoms with Crippen LogP contribution in [-0.2, 0) is 0 Å². The Kier molecular flexibility index (Phi) is 5.03. The molecule has 1 saturated heterocycles. The summed E-state index contributed by atoms with van der Waals surface area (Å²) in [6.07, 6.45) is 1.04. The third kappa shape index (κ3) is 2.94. The normalized spacial score (nSPS) is 17.8. The molecule has 1 unspecified atom stereocenters. The summed E-state index contributed by atoms with van der Waals surface area (Å²) in [5.74, 6) is 0.580. The third-order valence-corrected chi connectivity index (χ3v) is 4.04. The molecule has 120 valence electrons. The van der Waals surface area contributed by atoms with Gasteiger partial charge < -0.3 is 14.7 Å². The van der Waals surface area contributed by atoms with Crippen LogP contribution in [0.15, 0.2) is 10.6 Å². The molecule has 3 heterocycles. The van der Waals surface area contributed by atoms with E-state index in [1.165, 1.54) is 0 Å². The SMILES string of the molecule is CNCC1CCN(C(=O)c2cc(C)nc3onc(C)c23)C1.Cl. The Morgan fingerprint density at radius 3 is 3.00 bits per heavy atom. The van der Waals surface area contributed by atoms with Gasteiger partial charge in [-0.15, -0.1) is 12.4 Å². The van der Waals surface area contributed by atoms with Crippen LogP contribution in [0, 0.1) is 19.8 Å². The molecule has 0 aromatic carbocycles. The summed E-state index contributed by atoms with van der Waals surface area (Å²) in [5, 5.41) is 7.85. The predicted molar refractivity (Wildman–Crippen MR) is 86.5 cm³/mol. The highest BCUT2D eigenvalue weighted by atomic mass is 35.5. The standard InChI is InChI=1S/C15H20N4O2.ClH/c1-9-6-12(13-10(2)18-21-14(13)17-9)15(20)19-5-4-11(8-19)7-16-3;/h6,11,16H,4-5,7-8H2,1-3H3;1H. The largest absolute Gasteiger partial charge is 0.338 e. The summed E-state index contributed by atoms with van der Waals surface area (Å²) in [6.45, 7) is 6.25. The first kappa shape index (κ1) is 16.7. The van der Waals surface area contributed by atoms with Gasteiger partial charge in [0, 0.05) is 18.8 Å². The number of nitrogens with one attached hydrogen (secondary N) is 1. The molecule has 2 aromatic rings. The molecule has 3 rings (SSSR count). The number of hydrogen-bond acceptors (Lipinski definition) is 5. The van der Waals surface area contributed by atoms with Crippen LogP contribution >= 0.6 is 12.4 Å². The quantitative estimate of drug-likeness (QED) is 0.934. The van der Waals surface area contributed by atoms with Gasteiger partial charge in [-0.3, -0.25) is 4.79 Å². The van der Waals surface area contributed by atoms with E-state index in [1.54, 1.807) is 0 Å². The number of pyridine rings is 1. The van der Waals surface area contributed by atoms with Crippen LogP contribution in [0.4, 0.5) is 0 Å². The van der Waals surface area contributed by atoms with Crippen LogP contribution in [0.5, 0.6) is 0 Å². The van der Waals surface area contributed by atoms with E-state index in [1.807, 2.05) is 31.9 Å². The van der Waals surface area contributed by atoms with Crippen LogP contribution in [0.3, 0.4) is 0 Å². The maximum Gasteiger partial charge on any atom is 0.258 e. The van der Waals surface area contributed by atoms with Crippen molar-refractivity contribution in [1.29, 1.82) is 0 Å². The van der Waals surface area contributed by atoms with Gasteiger partial charge in [-0.05, 0) is 45.8 Å². The van der Waals surface area contributed by atoms with Crippen molar-refractivity contribution in [2.45, 2.75) is 20.3 Å². The van der Waals surface area contributed by atoms with Crippen molar-refractivity contribution in [1.82, 2.24) is 20.4 Å². The maximum atomic E-state index is 12.8. The molecule has 0 spiro atoms. The van der Waals surface area contributed by atoms with Gasteiger partial charge >= 0.3 is 0 Å². The fourth-order valence-corrected chi connectivity index (χ4v) is 3.03. The summed E-state index contributed by atoms with van der Waals surface area (Å²) in [7, 11) is 1.95. The molecule has 0 bridgehead atoms. The molecule has 0 aliphatic carbocycles. The van der Waals surface area contributed by atoms with Gasteiger partial charge in [0.2, 0.25) is 0 Å². The number of hydrogen-bond donors (Lipinski definition) is 1. The molecule has 22 heavy (non-hydrogen) atoms. The van der Waals surface area contributed by atoms with E-state index in [0.717, 1.165) is 37.1 Å². The monoisotopic (exact) mass is 324 g/mol. The van der Waals surface area contributed by atoms with Crippen molar-refractivity contribution in [3.63, 3.8) is 0 Å². The minimum atomic E-state index is 0. The van der Waals surface area contributed by atoms with E-state index in [4.69, 9.17) is 4.52 Å². The third-order valence-electron chi connectivity index (χ3n) is 4.04. The molecular formula is C15H21ClN4O2. The molecule has 1 atom stereocenters. The zero-order chi connectivity index (χ0) is 15.0. The van der Waals surface area contributed by atoms with E-state index in [0.29, 0.717) is 22.9 Å². The highest BCUT2D eigenvalue weighted by Crippen LogP contribution is 2.25. The van der Waals surface area contributed by atoms with E-state index >= 15 is 0 Å². The zero-order valence-electron chi connectivity index (χ0n) is 13.0. The number of aromatic nitrogens is 2. The Bertz CT molecular complexity index is 685. The molecule has 1 fully saturated rings. The second-order valence-corrected chi connectivity index (χ2v) is 5.72. The van der Waals surface area contributed by atoms with Crippen molar-refractivity contribution in [2.75, 3.05) is 26.7 Å². The van der Waals surface area contributed by atoms with Crippen molar-refractivity contribution < 1.29 is 9.32 Å². The molecule has 0 saturated carbocycles. The molecule has 1 N–H and O–H groups in total. The zero-order valence-corrected chi connectivity index (χ0v) is 13.9. The highest BCUT2D eigenvalue weighted by molar-refractivity contribution is 6.06. The second kappa shape index (κ2) is 6.62. The van der Waals surface area contributed by atoms with Gasteiger partial charge in [-0.2, -0.15) is 0 Å². The van der Waals surface area contributed by atoms with Gasteiger partial charge in [-0.1, -0.05) is 5.16 Å². The minimum Gasteiger partial charge on any atom is -0.338 e. The molecule has 6 nitrogen and oxygen atoms in total. The summed E-state index contributed by atoms with van der Waals surface area (Å²) in [5.41, 5.74) is 2.59. The van der Waals surface area contributed by atoms with Crippen molar-refractivity contribution in [3.05, 3.63) is 23.0 Å². The van der Waals surface area contributed by atoms with E-state index in [-0.39, 0.29) is 18.3 Å². The number of likely N-dealkylation sites (tertiary alicyclic amines) is 1. The van der Waals surface area contributed by atoms with Crippen molar-refractivity contribution >= 4 is 29.4 Å². The van der Waals surface area contributed by atoms with E-state index < -0.39 is 0 Å². The molecule has 1 aliphatic rings. The molecule has 2 aromatic heterocycles. The first-order chi connectivity index (χ1) is 10.1. The average molecular weight is 325 g/mol. The topological polar surface area (TPSA) is 71.3 Å².